The maximum Gasteiger partial charge on any atom is 0.373 e. The predicted octanol–water partition coefficient (Wildman–Crippen LogP) is 2.78. The first-order valence-corrected chi connectivity index (χ1v) is 5.34. The van der Waals surface area contributed by atoms with Crippen LogP contribution >= 0.6 is 27.3 Å². The monoisotopic (exact) mass is 271 g/mol. The van der Waals surface area contributed by atoms with Crippen LogP contribution in [0.25, 0.3) is 10.1 Å². The van der Waals surface area contributed by atoms with Gasteiger partial charge in [0.2, 0.25) is 0 Å². The number of halogens is 1. The molecular weight excluding hydrogens is 266 g/mol. The second-order valence-electron chi connectivity index (χ2n) is 2.50. The van der Waals surface area contributed by atoms with Crippen molar-refractivity contribution in [3.8, 4) is 0 Å². The molecule has 0 atom stereocenters. The van der Waals surface area contributed by atoms with Crippen molar-refractivity contribution in [3.63, 3.8) is 0 Å². The average Bonchev–Trinajstić information content (AvgIpc) is 2.51. The Morgan fingerprint density at radius 2 is 2.07 bits per heavy atom. The summed E-state index contributed by atoms with van der Waals surface area (Å²) < 4.78 is 2.43. The molecule has 0 aliphatic rings. The van der Waals surface area contributed by atoms with Gasteiger partial charge in [-0.25, -0.2) is 0 Å². The molecule has 0 aromatic carbocycles. The van der Waals surface area contributed by atoms with Crippen molar-refractivity contribution in [3.05, 3.63) is 27.8 Å². The van der Waals surface area contributed by atoms with Gasteiger partial charge in [0.05, 0.1) is 4.70 Å². The van der Waals surface area contributed by atoms with Gasteiger partial charge in [0.15, 0.2) is 0 Å². The lowest BCUT2D eigenvalue weighted by Gasteiger charge is -1.93. The lowest BCUT2D eigenvalue weighted by Crippen LogP contribution is -1.75. The van der Waals surface area contributed by atoms with Crippen LogP contribution in [0.1, 0.15) is 5.56 Å². The van der Waals surface area contributed by atoms with Crippen molar-refractivity contribution in [2.45, 2.75) is 6.92 Å². The number of hydrogen-bond acceptors (Lipinski definition) is 4. The molecule has 2 heterocycles. The number of pyridine rings is 1. The minimum Gasteiger partial charge on any atom is -0.263 e. The second kappa shape index (κ2) is 5.00. The van der Waals surface area contributed by atoms with Crippen LogP contribution in [0.5, 0.6) is 0 Å². The standard InChI is InChI=1S/C8H6BrNS.CO2/c1-5-2-10-3-7-8(5)6(9)4-11-7;2-1-3/h2-4H,1H3;. The third kappa shape index (κ3) is 2.26. The fourth-order valence-electron chi connectivity index (χ4n) is 1.11. The Kier molecular flexibility index (Phi) is 3.95. The van der Waals surface area contributed by atoms with Gasteiger partial charge in [-0.3, -0.25) is 4.98 Å². The van der Waals surface area contributed by atoms with E-state index in [1.807, 2.05) is 12.4 Å². The summed E-state index contributed by atoms with van der Waals surface area (Å²) in [6, 6.07) is 0. The SMILES string of the molecule is Cc1cncc2scc(Br)c12.O=C=O. The fourth-order valence-corrected chi connectivity index (χ4v) is 2.91. The first kappa shape index (κ1) is 11.0. The molecule has 5 heteroatoms. The van der Waals surface area contributed by atoms with Gasteiger partial charge in [0, 0.05) is 27.6 Å². The van der Waals surface area contributed by atoms with Gasteiger partial charge in [-0.2, -0.15) is 9.59 Å². The maximum absolute atomic E-state index is 8.12. The highest BCUT2D eigenvalue weighted by Crippen LogP contribution is 2.31. The highest BCUT2D eigenvalue weighted by Gasteiger charge is 2.02. The van der Waals surface area contributed by atoms with Crippen molar-refractivity contribution < 1.29 is 9.59 Å². The Labute approximate surface area is 92.9 Å². The molecule has 0 aliphatic heterocycles. The number of rotatable bonds is 0. The molecule has 72 valence electrons. The molecule has 0 spiro atoms. The first-order valence-electron chi connectivity index (χ1n) is 3.67. The van der Waals surface area contributed by atoms with Crippen molar-refractivity contribution in [2.75, 3.05) is 0 Å². The summed E-state index contributed by atoms with van der Waals surface area (Å²) >= 11 is 5.22. The van der Waals surface area contributed by atoms with Crippen LogP contribution in [-0.4, -0.2) is 11.1 Å². The third-order valence-corrected chi connectivity index (χ3v) is 3.47. The number of carbonyl (C=O) groups excluding carboxylic acids is 2. The van der Waals surface area contributed by atoms with Crippen LogP contribution in [0.3, 0.4) is 0 Å². The summed E-state index contributed by atoms with van der Waals surface area (Å²) in [5.74, 6) is 0. The molecule has 0 aliphatic carbocycles. The van der Waals surface area contributed by atoms with Gasteiger partial charge < -0.3 is 0 Å². The number of aryl methyl sites for hydroxylation is 1. The Balaban J connectivity index is 0.000000293. The summed E-state index contributed by atoms with van der Waals surface area (Å²) in [4.78, 5) is 20.4. The molecule has 0 saturated carbocycles. The fraction of sp³-hybridized carbons (Fsp3) is 0.111. The largest absolute Gasteiger partial charge is 0.373 e. The molecule has 0 bridgehead atoms. The third-order valence-electron chi connectivity index (χ3n) is 1.63. The second-order valence-corrected chi connectivity index (χ2v) is 4.26. The van der Waals surface area contributed by atoms with Crippen LogP contribution in [0.15, 0.2) is 22.2 Å². The quantitative estimate of drug-likeness (QED) is 0.740. The highest BCUT2D eigenvalue weighted by molar-refractivity contribution is 9.10. The van der Waals surface area contributed by atoms with Crippen LogP contribution in [0.2, 0.25) is 0 Å². The molecular formula is C9H6BrNO2S. The Bertz CT molecular complexity index is 475. The zero-order valence-corrected chi connectivity index (χ0v) is 9.68. The van der Waals surface area contributed by atoms with Gasteiger partial charge in [0.25, 0.3) is 0 Å². The molecule has 0 unspecified atom stereocenters. The average molecular weight is 272 g/mol. The van der Waals surface area contributed by atoms with Crippen molar-refractivity contribution in [2.24, 2.45) is 0 Å². The van der Waals surface area contributed by atoms with E-state index in [1.165, 1.54) is 20.1 Å². The number of thiophene rings is 1. The smallest absolute Gasteiger partial charge is 0.263 e. The van der Waals surface area contributed by atoms with E-state index in [0.717, 1.165) is 0 Å². The molecule has 3 nitrogen and oxygen atoms in total. The topological polar surface area (TPSA) is 47.0 Å². The molecule has 14 heavy (non-hydrogen) atoms. The summed E-state index contributed by atoms with van der Waals surface area (Å²) in [5.41, 5.74) is 1.23. The van der Waals surface area contributed by atoms with Crippen molar-refractivity contribution >= 4 is 43.5 Å². The lowest BCUT2D eigenvalue weighted by atomic mass is 10.2. The zero-order chi connectivity index (χ0) is 10.6. The van der Waals surface area contributed by atoms with E-state index in [9.17, 15) is 0 Å². The van der Waals surface area contributed by atoms with Gasteiger partial charge in [-0.1, -0.05) is 0 Å². The van der Waals surface area contributed by atoms with E-state index in [0.29, 0.717) is 0 Å². The lowest BCUT2D eigenvalue weighted by molar-refractivity contribution is -0.191. The highest BCUT2D eigenvalue weighted by atomic mass is 79.9. The summed E-state index contributed by atoms with van der Waals surface area (Å²) in [5, 5.41) is 3.39. The number of hydrogen-bond donors (Lipinski definition) is 0. The molecule has 0 amide bonds. The Morgan fingerprint density at radius 3 is 2.64 bits per heavy atom. The molecule has 2 aromatic heterocycles. The molecule has 2 rings (SSSR count). The Morgan fingerprint density at radius 1 is 1.43 bits per heavy atom. The molecule has 0 fully saturated rings. The van der Waals surface area contributed by atoms with Crippen LogP contribution < -0.4 is 0 Å². The minimum absolute atomic E-state index is 0.250. The van der Waals surface area contributed by atoms with E-state index < -0.39 is 0 Å². The zero-order valence-electron chi connectivity index (χ0n) is 7.28. The normalized spacial score (nSPS) is 9.00. The van der Waals surface area contributed by atoms with E-state index in [4.69, 9.17) is 9.59 Å². The van der Waals surface area contributed by atoms with Gasteiger partial charge in [-0.15, -0.1) is 11.3 Å². The predicted molar refractivity (Wildman–Crippen MR) is 57.1 cm³/mol. The number of aromatic nitrogens is 1. The molecule has 0 N–H and O–H groups in total. The summed E-state index contributed by atoms with van der Waals surface area (Å²) in [6.07, 6.45) is 4.04. The van der Waals surface area contributed by atoms with E-state index in [2.05, 4.69) is 33.2 Å². The first-order chi connectivity index (χ1) is 6.70. The Hall–Kier alpha value is -1.03. The van der Waals surface area contributed by atoms with E-state index in [-0.39, 0.29) is 6.15 Å². The van der Waals surface area contributed by atoms with Crippen molar-refractivity contribution in [1.29, 1.82) is 0 Å². The van der Waals surface area contributed by atoms with Crippen molar-refractivity contribution in [1.82, 2.24) is 4.98 Å². The van der Waals surface area contributed by atoms with Gasteiger partial charge in [0.1, 0.15) is 0 Å². The van der Waals surface area contributed by atoms with Gasteiger partial charge >= 0.3 is 6.15 Å². The van der Waals surface area contributed by atoms with Gasteiger partial charge in [-0.05, 0) is 28.4 Å². The number of nitrogens with zero attached hydrogens (tertiary/aromatic N) is 1. The van der Waals surface area contributed by atoms with Crippen LogP contribution in [0.4, 0.5) is 0 Å². The summed E-state index contributed by atoms with van der Waals surface area (Å²) in [7, 11) is 0. The van der Waals surface area contributed by atoms with Crippen LogP contribution in [0, 0.1) is 6.92 Å². The minimum atomic E-state index is 0.250. The van der Waals surface area contributed by atoms with Crippen LogP contribution in [-0.2, 0) is 9.59 Å². The van der Waals surface area contributed by atoms with E-state index in [1.54, 1.807) is 11.3 Å². The number of fused-ring (bicyclic) bond motifs is 1. The maximum atomic E-state index is 8.12. The summed E-state index contributed by atoms with van der Waals surface area (Å²) in [6.45, 7) is 2.08. The molecule has 0 radical (unpaired) electrons. The molecule has 2 aromatic rings. The molecule has 0 saturated heterocycles. The van der Waals surface area contributed by atoms with E-state index >= 15 is 0 Å².